The zero-order chi connectivity index (χ0) is 59.5. The van der Waals surface area contributed by atoms with Gasteiger partial charge in [-0.25, -0.2) is 19.2 Å². The molecule has 468 valence electrons. The van der Waals surface area contributed by atoms with E-state index in [4.69, 9.17) is 18.9 Å². The maximum Gasteiger partial charge on any atom is 0.407 e. The Morgan fingerprint density at radius 3 is 1.56 bits per heavy atom. The van der Waals surface area contributed by atoms with Crippen LogP contribution in [0.2, 0.25) is 0 Å². The van der Waals surface area contributed by atoms with Crippen molar-refractivity contribution < 1.29 is 43.8 Å². The lowest BCUT2D eigenvalue weighted by Gasteiger charge is -2.47. The summed E-state index contributed by atoms with van der Waals surface area (Å²) in [5, 5.41) is 13.0. The van der Waals surface area contributed by atoms with Gasteiger partial charge in [-0.3, -0.25) is 9.80 Å². The number of ether oxygens (including phenoxy) is 4. The molecule has 10 atom stereocenters. The summed E-state index contributed by atoms with van der Waals surface area (Å²) in [7, 11) is 1.84. The van der Waals surface area contributed by atoms with Gasteiger partial charge in [0.25, 0.3) is 0 Å². The Hall–Kier alpha value is -4.96. The van der Waals surface area contributed by atoms with Crippen LogP contribution >= 0.6 is 0 Å². The second-order valence-corrected chi connectivity index (χ2v) is 28.7. The average molecular weight is 1150 g/mol. The van der Waals surface area contributed by atoms with Gasteiger partial charge in [0.15, 0.2) is 12.2 Å². The number of nitrogens with zero attached hydrogens (tertiary/aromatic N) is 4. The van der Waals surface area contributed by atoms with Crippen molar-refractivity contribution in [2.45, 2.75) is 227 Å². The fourth-order valence-electron chi connectivity index (χ4n) is 14.3. The first kappa shape index (κ1) is 64.6. The highest BCUT2D eigenvalue weighted by Gasteiger charge is 2.45. The molecule has 2 saturated heterocycles. The van der Waals surface area contributed by atoms with Crippen molar-refractivity contribution in [3.63, 3.8) is 0 Å². The van der Waals surface area contributed by atoms with E-state index in [0.29, 0.717) is 55.8 Å². The van der Waals surface area contributed by atoms with Gasteiger partial charge in [0.1, 0.15) is 24.7 Å². The number of nitrogens with one attached hydrogen (secondary N) is 4. The highest BCUT2D eigenvalue weighted by molar-refractivity contribution is 5.75. The Morgan fingerprint density at radius 1 is 0.634 bits per heavy atom. The molecule has 2 aromatic rings. The van der Waals surface area contributed by atoms with E-state index < -0.39 is 24.4 Å². The standard InChI is InChI=1S/C66H108N8O8.4H2/c1-14-16-31-71(13)58(75)67-45-65(11)36-52(34-63(7,8)43-65)70-61(78)82-57(40-73-38-48(73)4)42-80-55-29-25-50(26-30-55)64(9,10)49-23-27-54(28-24-49)79-41-56(39-72-37-47(72)3)81-60(77)68-46-66(12)35-51(33-62(5,6)44-66)69-59(76)74(32-17-15-2)53-21-19-18-20-22-53;;;;/h23-30,47-48,51-53,56-57H,14-22,31-46H2,1-13H3,(H,67,75)(H,68,77)(H,69,76)(H,70,78);4*1H. The summed E-state index contributed by atoms with van der Waals surface area (Å²) in [5.74, 6) is 1.40. The van der Waals surface area contributed by atoms with Gasteiger partial charge in [-0.05, 0) is 135 Å². The number of benzene rings is 2. The highest BCUT2D eigenvalue weighted by atomic mass is 16.6. The second-order valence-electron chi connectivity index (χ2n) is 28.7. The molecule has 2 aromatic carbocycles. The second kappa shape index (κ2) is 28.3. The summed E-state index contributed by atoms with van der Waals surface area (Å²) in [6.07, 6.45) is 13.2. The molecule has 3 aliphatic carbocycles. The number of hydrogen-bond acceptors (Lipinski definition) is 10. The zero-order valence-electron chi connectivity index (χ0n) is 52.9. The molecular weight excluding hydrogens is 1030 g/mol. The molecular formula is C66H116N8O8. The predicted octanol–water partition coefficient (Wildman–Crippen LogP) is 13.1. The van der Waals surface area contributed by atoms with Gasteiger partial charge < -0.3 is 50.0 Å². The first-order valence-electron chi connectivity index (χ1n) is 31.7. The van der Waals surface area contributed by atoms with E-state index in [1.54, 1.807) is 4.90 Å². The largest absolute Gasteiger partial charge is 0.490 e. The van der Waals surface area contributed by atoms with Crippen LogP contribution in [-0.4, -0.2) is 159 Å². The number of rotatable bonds is 27. The van der Waals surface area contributed by atoms with E-state index >= 15 is 0 Å². The predicted molar refractivity (Wildman–Crippen MR) is 335 cm³/mol. The van der Waals surface area contributed by atoms with Crippen LogP contribution in [0.25, 0.3) is 0 Å². The van der Waals surface area contributed by atoms with Gasteiger partial charge in [-0.1, -0.05) is 126 Å². The molecule has 6 amide bonds. The number of unbranched alkanes of at least 4 members (excludes halogenated alkanes) is 2. The summed E-state index contributed by atoms with van der Waals surface area (Å²) in [4.78, 5) is 62.5. The van der Waals surface area contributed by atoms with Crippen LogP contribution in [0.15, 0.2) is 48.5 Å². The van der Waals surface area contributed by atoms with Gasteiger partial charge in [0.05, 0.1) is 0 Å². The smallest absolute Gasteiger partial charge is 0.407 e. The van der Waals surface area contributed by atoms with Crippen LogP contribution in [0.5, 0.6) is 11.5 Å². The normalized spacial score (nSPS) is 27.4. The number of carbonyl (C=O) groups is 4. The van der Waals surface area contributed by atoms with Crippen molar-refractivity contribution >= 4 is 24.2 Å². The Morgan fingerprint density at radius 2 is 1.09 bits per heavy atom. The molecule has 82 heavy (non-hydrogen) atoms. The lowest BCUT2D eigenvalue weighted by atomic mass is 9.62. The molecule has 4 N–H and O–H groups in total. The number of urea groups is 2. The summed E-state index contributed by atoms with van der Waals surface area (Å²) in [5.41, 5.74) is 1.46. The first-order valence-corrected chi connectivity index (χ1v) is 31.7. The lowest BCUT2D eigenvalue weighted by molar-refractivity contribution is 0.0389. The SMILES string of the molecule is CCCCN(C)C(=O)NCC1(C)CC(NC(=O)OC(COc2ccc(C(C)(C)c3ccc(OCC(CN4CC4C)OC(=O)NCC4(C)CC(NC(=O)N(CCCC)C5CCCCC5)CC(C)(C)C4)cc3)cc2)CN2CC2C)CC(C)(C)C1.[HH].[HH].[HH].[HH]. The summed E-state index contributed by atoms with van der Waals surface area (Å²) < 4.78 is 24.9. The monoisotopic (exact) mass is 1150 g/mol. The molecule has 5 aliphatic rings. The fraction of sp³-hybridized carbons (Fsp3) is 0.758. The number of alkyl carbamates (subject to hydrolysis) is 2. The van der Waals surface area contributed by atoms with Gasteiger partial charge >= 0.3 is 24.2 Å². The maximum atomic E-state index is 13.9. The van der Waals surface area contributed by atoms with E-state index in [9.17, 15) is 19.2 Å². The Balaban J connectivity index is 0.00000484. The van der Waals surface area contributed by atoms with Crippen LogP contribution in [0.1, 0.15) is 196 Å². The maximum absolute atomic E-state index is 13.9. The average Bonchev–Trinajstić information content (AvgIpc) is 3.62. The number of carbonyl (C=O) groups excluding carboxylic acids is 4. The van der Waals surface area contributed by atoms with E-state index in [1.165, 1.54) is 19.3 Å². The number of hydrogen-bond donors (Lipinski definition) is 4. The zero-order valence-corrected chi connectivity index (χ0v) is 52.9. The fourth-order valence-corrected chi connectivity index (χ4v) is 14.3. The third-order valence-electron chi connectivity index (χ3n) is 18.5. The van der Waals surface area contributed by atoms with Gasteiger partial charge in [-0.15, -0.1) is 0 Å². The molecule has 0 aromatic heterocycles. The molecule has 16 nitrogen and oxygen atoms in total. The molecule has 16 heteroatoms. The first-order chi connectivity index (χ1) is 38.7. The molecule has 7 rings (SSSR count). The highest BCUT2D eigenvalue weighted by Crippen LogP contribution is 2.47. The van der Waals surface area contributed by atoms with Crippen molar-refractivity contribution in [1.29, 1.82) is 0 Å². The van der Waals surface area contributed by atoms with E-state index in [2.05, 4.69) is 143 Å². The van der Waals surface area contributed by atoms with Crippen molar-refractivity contribution in [2.75, 3.05) is 72.6 Å². The molecule has 0 bridgehead atoms. The molecule has 10 unspecified atom stereocenters. The van der Waals surface area contributed by atoms with Crippen LogP contribution in [0.3, 0.4) is 0 Å². The Bertz CT molecular complexity index is 2400. The minimum Gasteiger partial charge on any atom is -0.490 e. The van der Waals surface area contributed by atoms with Crippen LogP contribution in [-0.2, 0) is 14.9 Å². The number of amides is 6. The summed E-state index contributed by atoms with van der Waals surface area (Å²) in [6.45, 7) is 32.6. The molecule has 5 fully saturated rings. The Kier molecular flexibility index (Phi) is 22.3. The molecule has 0 spiro atoms. The van der Waals surface area contributed by atoms with Crippen molar-refractivity contribution in [2.24, 2.45) is 21.7 Å². The molecule has 0 radical (unpaired) electrons. The van der Waals surface area contributed by atoms with E-state index in [0.717, 1.165) is 114 Å². The molecule has 2 heterocycles. The Labute approximate surface area is 499 Å². The topological polar surface area (TPSA) is 166 Å². The molecule has 3 saturated carbocycles. The molecule has 2 aliphatic heterocycles. The van der Waals surface area contributed by atoms with Gasteiger partial charge in [0, 0.05) is 101 Å². The lowest BCUT2D eigenvalue weighted by Crippen LogP contribution is -2.55. The van der Waals surface area contributed by atoms with E-state index in [1.807, 2.05) is 31.3 Å². The third-order valence-corrected chi connectivity index (χ3v) is 18.5. The van der Waals surface area contributed by atoms with Crippen molar-refractivity contribution in [1.82, 2.24) is 40.9 Å². The van der Waals surface area contributed by atoms with Gasteiger partial charge in [0.2, 0.25) is 0 Å². The minimum absolute atomic E-state index is 0. The van der Waals surface area contributed by atoms with Gasteiger partial charge in [-0.2, -0.15) is 0 Å². The van der Waals surface area contributed by atoms with Crippen molar-refractivity contribution in [3.05, 3.63) is 59.7 Å². The van der Waals surface area contributed by atoms with Crippen LogP contribution in [0, 0.1) is 21.7 Å². The van der Waals surface area contributed by atoms with Crippen LogP contribution < -0.4 is 30.7 Å². The summed E-state index contributed by atoms with van der Waals surface area (Å²) in [6, 6.07) is 17.5. The van der Waals surface area contributed by atoms with E-state index in [-0.39, 0.29) is 70.1 Å². The summed E-state index contributed by atoms with van der Waals surface area (Å²) >= 11 is 0. The third kappa shape index (κ3) is 19.6. The minimum atomic E-state index is -0.465. The van der Waals surface area contributed by atoms with Crippen LogP contribution in [0.4, 0.5) is 19.2 Å². The quantitative estimate of drug-likeness (QED) is 0.0633. The van der Waals surface area contributed by atoms with Crippen molar-refractivity contribution in [3.8, 4) is 11.5 Å².